The van der Waals surface area contributed by atoms with Gasteiger partial charge < -0.3 is 20.1 Å². The Labute approximate surface area is 218 Å². The van der Waals surface area contributed by atoms with E-state index in [0.717, 1.165) is 37.7 Å². The van der Waals surface area contributed by atoms with Gasteiger partial charge in [-0.15, -0.1) is 0 Å². The zero-order valence-electron chi connectivity index (χ0n) is 20.1. The number of piperidine rings is 1. The lowest BCUT2D eigenvalue weighted by Gasteiger charge is -2.43. The summed E-state index contributed by atoms with van der Waals surface area (Å²) in [6.45, 7) is 2.65. The number of halogens is 1. The van der Waals surface area contributed by atoms with E-state index >= 15 is 0 Å². The third-order valence-corrected chi connectivity index (χ3v) is 7.23. The van der Waals surface area contributed by atoms with Crippen molar-refractivity contribution in [3.05, 3.63) is 71.8 Å². The second kappa shape index (κ2) is 14.0. The summed E-state index contributed by atoms with van der Waals surface area (Å²) in [7, 11) is 1.71. The highest BCUT2D eigenvalue weighted by molar-refractivity contribution is 14.1. The summed E-state index contributed by atoms with van der Waals surface area (Å²) in [6.07, 6.45) is 5.01. The van der Waals surface area contributed by atoms with E-state index in [1.165, 1.54) is 5.56 Å². The number of nitrogens with zero attached hydrogens (tertiary/aromatic N) is 1. The molecule has 0 bridgehead atoms. The molecular weight excluding hydrogens is 541 g/mol. The van der Waals surface area contributed by atoms with Gasteiger partial charge in [0.15, 0.2) is 0 Å². The van der Waals surface area contributed by atoms with Gasteiger partial charge >= 0.3 is 6.03 Å². The molecule has 2 aromatic rings. The first-order chi connectivity index (χ1) is 16.6. The minimum atomic E-state index is -0.957. The zero-order valence-corrected chi connectivity index (χ0v) is 22.2. The Balaban J connectivity index is 1.68. The number of unbranched alkanes of at least 4 members (excludes halogenated alkanes) is 1. The third kappa shape index (κ3) is 7.66. The van der Waals surface area contributed by atoms with Crippen molar-refractivity contribution < 1.29 is 14.6 Å². The molecule has 34 heavy (non-hydrogen) atoms. The van der Waals surface area contributed by atoms with E-state index in [2.05, 4.69) is 43.8 Å². The maximum Gasteiger partial charge on any atom is 0.317 e. The fourth-order valence-corrected chi connectivity index (χ4v) is 5.47. The number of nitrogens with one attached hydrogen (secondary N) is 2. The van der Waals surface area contributed by atoms with Crippen LogP contribution in [0.3, 0.4) is 0 Å². The van der Waals surface area contributed by atoms with Gasteiger partial charge in [-0.25, -0.2) is 4.79 Å². The predicted molar refractivity (Wildman–Crippen MR) is 145 cm³/mol. The van der Waals surface area contributed by atoms with Gasteiger partial charge in [0.2, 0.25) is 0 Å². The molecule has 3 rings (SSSR count). The second-order valence-electron chi connectivity index (χ2n) is 9.20. The number of likely N-dealkylation sites (tertiary alicyclic amines) is 1. The normalized spacial score (nSPS) is 18.8. The number of amides is 2. The highest BCUT2D eigenvalue weighted by atomic mass is 127. The molecule has 3 atom stereocenters. The van der Waals surface area contributed by atoms with Crippen molar-refractivity contribution in [2.45, 2.75) is 50.2 Å². The number of hydrogen-bond acceptors (Lipinski definition) is 4. The van der Waals surface area contributed by atoms with Crippen molar-refractivity contribution in [1.82, 2.24) is 13.7 Å². The first-order valence-electron chi connectivity index (χ1n) is 12.3. The molecule has 1 unspecified atom stereocenters. The minimum absolute atomic E-state index is 0.00535. The number of carbonyl (C=O) groups excluding carboxylic acids is 1. The van der Waals surface area contributed by atoms with Crippen LogP contribution in [-0.2, 0) is 16.8 Å². The largest absolute Gasteiger partial charge is 0.385 e. The first-order valence-corrected chi connectivity index (χ1v) is 13.3. The molecular formula is C27H38IN3O3. The monoisotopic (exact) mass is 579 g/mol. The Hall–Kier alpha value is -1.68. The Kier molecular flexibility index (Phi) is 11.1. The molecule has 0 spiro atoms. The van der Waals surface area contributed by atoms with Crippen LogP contribution in [0, 0.1) is 5.92 Å². The van der Waals surface area contributed by atoms with E-state index in [9.17, 15) is 9.90 Å². The molecule has 0 aliphatic carbocycles. The van der Waals surface area contributed by atoms with Crippen LogP contribution in [0.5, 0.6) is 0 Å². The molecule has 0 aromatic heterocycles. The maximum atomic E-state index is 13.3. The van der Waals surface area contributed by atoms with Crippen LogP contribution in [0.2, 0.25) is 0 Å². The van der Waals surface area contributed by atoms with Crippen molar-refractivity contribution in [3.63, 3.8) is 0 Å². The van der Waals surface area contributed by atoms with Gasteiger partial charge in [0, 0.05) is 68.2 Å². The van der Waals surface area contributed by atoms with Crippen LogP contribution in [-0.4, -0.2) is 55.4 Å². The number of aliphatic hydroxyl groups is 1. The van der Waals surface area contributed by atoms with Crippen LogP contribution >= 0.6 is 22.9 Å². The van der Waals surface area contributed by atoms with Crippen LogP contribution in [0.4, 0.5) is 4.79 Å². The summed E-state index contributed by atoms with van der Waals surface area (Å²) in [4.78, 5) is 15.2. The number of rotatable bonds is 12. The van der Waals surface area contributed by atoms with E-state index < -0.39 is 5.60 Å². The smallest absolute Gasteiger partial charge is 0.317 e. The van der Waals surface area contributed by atoms with E-state index in [4.69, 9.17) is 4.74 Å². The van der Waals surface area contributed by atoms with Crippen molar-refractivity contribution in [1.29, 1.82) is 0 Å². The van der Waals surface area contributed by atoms with E-state index in [-0.39, 0.29) is 18.0 Å². The number of carbonyl (C=O) groups is 1. The summed E-state index contributed by atoms with van der Waals surface area (Å²) >= 11 is 2.13. The fraction of sp³-hybridized carbons (Fsp3) is 0.519. The lowest BCUT2D eigenvalue weighted by Crippen LogP contribution is -2.53. The average molecular weight is 580 g/mol. The molecule has 1 aliphatic heterocycles. The lowest BCUT2D eigenvalue weighted by atomic mass is 9.74. The van der Waals surface area contributed by atoms with Gasteiger partial charge in [-0.3, -0.25) is 3.53 Å². The summed E-state index contributed by atoms with van der Waals surface area (Å²) in [5.41, 5.74) is 1.18. The van der Waals surface area contributed by atoms with Gasteiger partial charge in [0.05, 0.1) is 5.60 Å². The molecule has 3 N–H and O–H groups in total. The molecule has 1 aliphatic rings. The Morgan fingerprint density at radius 3 is 2.56 bits per heavy atom. The van der Waals surface area contributed by atoms with Gasteiger partial charge in [-0.1, -0.05) is 60.7 Å². The van der Waals surface area contributed by atoms with Gasteiger partial charge in [0.25, 0.3) is 0 Å². The summed E-state index contributed by atoms with van der Waals surface area (Å²) in [6, 6.07) is 20.1. The summed E-state index contributed by atoms with van der Waals surface area (Å²) in [5, 5.41) is 15.2. The number of urea groups is 1. The van der Waals surface area contributed by atoms with Gasteiger partial charge in [0.1, 0.15) is 0 Å². The number of ether oxygens (including phenoxy) is 1. The Morgan fingerprint density at radius 1 is 1.18 bits per heavy atom. The number of hydrogen-bond donors (Lipinski definition) is 3. The fourth-order valence-electron chi connectivity index (χ4n) is 4.94. The molecule has 2 aromatic carbocycles. The number of methoxy groups -OCH3 is 1. The van der Waals surface area contributed by atoms with Gasteiger partial charge in [-0.2, -0.15) is 0 Å². The topological polar surface area (TPSA) is 73.8 Å². The predicted octanol–water partition coefficient (Wildman–Crippen LogP) is 4.66. The standard InChI is InChI=1S/C27H38IN3O3/c1-34-18-9-8-16-27(33,23-13-6-3-7-14-23)24-15-10-17-31(21-24)26(32)30-25(20-29-28)19-22-11-4-2-5-12-22/h2-7,11-14,24-25,29,33H,8-10,15-21H2,1H3,(H,30,32)/t24-,25?,27-/m1/s1. The molecule has 186 valence electrons. The third-order valence-electron chi connectivity index (χ3n) is 6.79. The molecule has 2 amide bonds. The molecule has 0 radical (unpaired) electrons. The maximum absolute atomic E-state index is 13.3. The van der Waals surface area contributed by atoms with E-state index in [1.807, 2.05) is 53.4 Å². The lowest BCUT2D eigenvalue weighted by molar-refractivity contribution is -0.0563. The zero-order chi connectivity index (χ0) is 24.2. The Bertz CT molecular complexity index is 855. The Morgan fingerprint density at radius 2 is 1.88 bits per heavy atom. The highest BCUT2D eigenvalue weighted by Gasteiger charge is 2.41. The summed E-state index contributed by atoms with van der Waals surface area (Å²) in [5.74, 6) is -0.00721. The van der Waals surface area contributed by atoms with Crippen molar-refractivity contribution in [3.8, 4) is 0 Å². The van der Waals surface area contributed by atoms with Gasteiger partial charge in [-0.05, 0) is 49.7 Å². The van der Waals surface area contributed by atoms with Crippen LogP contribution < -0.4 is 8.85 Å². The molecule has 0 saturated carbocycles. The van der Waals surface area contributed by atoms with Crippen LogP contribution in [0.1, 0.15) is 43.2 Å². The molecule has 1 saturated heterocycles. The minimum Gasteiger partial charge on any atom is -0.385 e. The van der Waals surface area contributed by atoms with Crippen molar-refractivity contribution in [2.24, 2.45) is 5.92 Å². The molecule has 1 heterocycles. The second-order valence-corrected chi connectivity index (χ2v) is 9.96. The first kappa shape index (κ1) is 26.9. The van der Waals surface area contributed by atoms with E-state index in [1.54, 1.807) is 7.11 Å². The molecule has 6 nitrogen and oxygen atoms in total. The number of benzene rings is 2. The summed E-state index contributed by atoms with van der Waals surface area (Å²) < 4.78 is 8.38. The van der Waals surface area contributed by atoms with Crippen molar-refractivity contribution >= 4 is 28.9 Å². The van der Waals surface area contributed by atoms with Crippen molar-refractivity contribution in [2.75, 3.05) is 33.4 Å². The molecule has 7 heteroatoms. The van der Waals surface area contributed by atoms with Crippen LogP contribution in [0.15, 0.2) is 60.7 Å². The molecule has 1 fully saturated rings. The SMILES string of the molecule is COCCCC[C@@](O)(c1ccccc1)[C@@H]1CCCN(C(=O)NC(CNI)Cc2ccccc2)C1. The highest BCUT2D eigenvalue weighted by Crippen LogP contribution is 2.39. The quantitative estimate of drug-likeness (QED) is 0.194. The van der Waals surface area contributed by atoms with E-state index in [0.29, 0.717) is 32.7 Å². The van der Waals surface area contributed by atoms with Crippen LogP contribution in [0.25, 0.3) is 0 Å². The average Bonchev–Trinajstić information content (AvgIpc) is 2.88.